The summed E-state index contributed by atoms with van der Waals surface area (Å²) in [5, 5.41) is 19.3. The van der Waals surface area contributed by atoms with Gasteiger partial charge in [0.2, 0.25) is 11.8 Å². The second-order valence-corrected chi connectivity index (χ2v) is 6.03. The fourth-order valence-corrected chi connectivity index (χ4v) is 3.18. The van der Waals surface area contributed by atoms with Crippen LogP contribution in [-0.2, 0) is 13.0 Å². The minimum atomic E-state index is -0.359. The molecule has 2 heterocycles. The average Bonchev–Trinajstić information content (AvgIpc) is 3.07. The van der Waals surface area contributed by atoms with E-state index in [1.165, 1.54) is 17.2 Å². The number of nitro benzene ring substituents is 1. The first-order valence-corrected chi connectivity index (χ1v) is 8.02. The third-order valence-electron chi connectivity index (χ3n) is 4.42. The van der Waals surface area contributed by atoms with E-state index in [1.54, 1.807) is 19.1 Å². The van der Waals surface area contributed by atoms with Crippen LogP contribution in [0.1, 0.15) is 17.0 Å². The number of nitro groups is 1. The van der Waals surface area contributed by atoms with Crippen molar-refractivity contribution in [2.24, 2.45) is 0 Å². The molecule has 0 spiro atoms. The number of benzene rings is 2. The number of nitrogens with zero attached hydrogens (tertiary/aromatic N) is 4. The Kier molecular flexibility index (Phi) is 3.68. The monoisotopic (exact) mass is 336 g/mol. The van der Waals surface area contributed by atoms with Gasteiger partial charge < -0.3 is 9.32 Å². The summed E-state index contributed by atoms with van der Waals surface area (Å²) in [7, 11) is 0. The van der Waals surface area contributed by atoms with Crippen LogP contribution in [0.5, 0.6) is 0 Å². The quantitative estimate of drug-likeness (QED) is 0.537. The minimum absolute atomic E-state index is 0.0488. The van der Waals surface area contributed by atoms with E-state index in [0.29, 0.717) is 23.7 Å². The largest absolute Gasteiger partial charge is 0.421 e. The van der Waals surface area contributed by atoms with E-state index in [-0.39, 0.29) is 16.5 Å². The van der Waals surface area contributed by atoms with Crippen molar-refractivity contribution in [1.82, 2.24) is 10.2 Å². The first kappa shape index (κ1) is 15.3. The predicted molar refractivity (Wildman–Crippen MR) is 92.3 cm³/mol. The Bertz CT molecular complexity index is 951. The van der Waals surface area contributed by atoms with Crippen molar-refractivity contribution >= 4 is 11.4 Å². The van der Waals surface area contributed by atoms with E-state index < -0.39 is 0 Å². The average molecular weight is 336 g/mol. The Morgan fingerprint density at radius 3 is 2.68 bits per heavy atom. The predicted octanol–water partition coefficient (Wildman–Crippen LogP) is 3.52. The van der Waals surface area contributed by atoms with E-state index >= 15 is 0 Å². The van der Waals surface area contributed by atoms with Gasteiger partial charge in [-0.3, -0.25) is 10.1 Å². The second-order valence-electron chi connectivity index (χ2n) is 6.03. The molecule has 1 aliphatic heterocycles. The normalized spacial score (nSPS) is 13.6. The van der Waals surface area contributed by atoms with Gasteiger partial charge in [-0.2, -0.15) is 0 Å². The molecule has 0 saturated heterocycles. The van der Waals surface area contributed by atoms with Crippen LogP contribution in [0.25, 0.3) is 11.5 Å². The summed E-state index contributed by atoms with van der Waals surface area (Å²) in [6.07, 6.45) is 0.873. The van der Waals surface area contributed by atoms with E-state index in [2.05, 4.69) is 22.3 Å². The fourth-order valence-electron chi connectivity index (χ4n) is 3.18. The van der Waals surface area contributed by atoms with E-state index in [4.69, 9.17) is 4.42 Å². The van der Waals surface area contributed by atoms with Gasteiger partial charge >= 0.3 is 0 Å². The zero-order chi connectivity index (χ0) is 17.4. The molecule has 3 aromatic rings. The lowest BCUT2D eigenvalue weighted by atomic mass is 9.99. The lowest BCUT2D eigenvalue weighted by Crippen LogP contribution is -2.30. The highest BCUT2D eigenvalue weighted by molar-refractivity contribution is 5.71. The summed E-state index contributed by atoms with van der Waals surface area (Å²) in [6, 6.07) is 13.3. The first-order chi connectivity index (χ1) is 12.1. The van der Waals surface area contributed by atoms with Gasteiger partial charge in [0.05, 0.1) is 4.92 Å². The third-order valence-corrected chi connectivity index (χ3v) is 4.42. The number of fused-ring (bicyclic) bond motifs is 1. The van der Waals surface area contributed by atoms with Gasteiger partial charge in [-0.25, -0.2) is 0 Å². The van der Waals surface area contributed by atoms with Crippen LogP contribution in [-0.4, -0.2) is 21.7 Å². The zero-order valence-corrected chi connectivity index (χ0v) is 13.7. The molecule has 1 aliphatic rings. The van der Waals surface area contributed by atoms with Gasteiger partial charge in [0.1, 0.15) is 5.69 Å². The van der Waals surface area contributed by atoms with Crippen LogP contribution in [0.15, 0.2) is 46.9 Å². The summed E-state index contributed by atoms with van der Waals surface area (Å²) in [5.74, 6) is 0.713. The number of aromatic nitrogens is 2. The molecule has 0 N–H and O–H groups in total. The van der Waals surface area contributed by atoms with Crippen molar-refractivity contribution in [2.75, 3.05) is 11.4 Å². The molecule has 0 bridgehead atoms. The molecule has 7 heteroatoms. The van der Waals surface area contributed by atoms with Crippen molar-refractivity contribution < 1.29 is 9.34 Å². The molecule has 126 valence electrons. The van der Waals surface area contributed by atoms with E-state index in [1.807, 2.05) is 17.0 Å². The van der Waals surface area contributed by atoms with Crippen molar-refractivity contribution in [2.45, 2.75) is 19.9 Å². The molecular formula is C18H16N4O3. The van der Waals surface area contributed by atoms with Gasteiger partial charge in [-0.15, -0.1) is 10.2 Å². The molecule has 0 aliphatic carbocycles. The Hall–Kier alpha value is -3.22. The fraction of sp³-hybridized carbons (Fsp3) is 0.222. The van der Waals surface area contributed by atoms with Crippen LogP contribution in [0.4, 0.5) is 11.4 Å². The zero-order valence-electron chi connectivity index (χ0n) is 13.7. The van der Waals surface area contributed by atoms with Gasteiger partial charge in [0.25, 0.3) is 5.69 Å². The number of rotatable bonds is 3. The maximum absolute atomic E-state index is 11.6. The first-order valence-electron chi connectivity index (χ1n) is 8.02. The van der Waals surface area contributed by atoms with Crippen LogP contribution in [0.3, 0.4) is 0 Å². The molecule has 7 nitrogen and oxygen atoms in total. The molecule has 0 atom stereocenters. The molecule has 0 unspecified atom stereocenters. The van der Waals surface area contributed by atoms with Crippen LogP contribution in [0.2, 0.25) is 0 Å². The van der Waals surface area contributed by atoms with Crippen LogP contribution in [0, 0.1) is 17.0 Å². The number of aryl methyl sites for hydroxylation is 1. The summed E-state index contributed by atoms with van der Waals surface area (Å²) >= 11 is 0. The SMILES string of the molecule is Cc1nnc(-c2ccc(N3CCc4ccccc4C3)c([N+](=O)[O-])c2)o1. The van der Waals surface area contributed by atoms with Gasteiger partial charge in [0.15, 0.2) is 0 Å². The molecule has 1 aromatic heterocycles. The third kappa shape index (κ3) is 2.84. The Morgan fingerprint density at radius 1 is 1.16 bits per heavy atom. The van der Waals surface area contributed by atoms with Crippen molar-refractivity contribution in [3.05, 3.63) is 69.6 Å². The number of anilines is 1. The smallest absolute Gasteiger partial charge is 0.293 e. The molecule has 0 amide bonds. The molecule has 2 aromatic carbocycles. The highest BCUT2D eigenvalue weighted by atomic mass is 16.6. The summed E-state index contributed by atoms with van der Waals surface area (Å²) in [6.45, 7) is 3.09. The van der Waals surface area contributed by atoms with Crippen molar-refractivity contribution in [3.8, 4) is 11.5 Å². The molecule has 0 fully saturated rings. The van der Waals surface area contributed by atoms with E-state index in [0.717, 1.165) is 13.0 Å². The Labute approximate surface area is 144 Å². The van der Waals surface area contributed by atoms with E-state index in [9.17, 15) is 10.1 Å². The Morgan fingerprint density at radius 2 is 1.96 bits per heavy atom. The highest BCUT2D eigenvalue weighted by Gasteiger charge is 2.24. The molecule has 0 radical (unpaired) electrons. The van der Waals surface area contributed by atoms with Crippen molar-refractivity contribution in [1.29, 1.82) is 0 Å². The Balaban J connectivity index is 1.71. The summed E-state index contributed by atoms with van der Waals surface area (Å²) in [5.41, 5.74) is 3.72. The maximum Gasteiger partial charge on any atom is 0.293 e. The molecule has 25 heavy (non-hydrogen) atoms. The number of hydrogen-bond donors (Lipinski definition) is 0. The van der Waals surface area contributed by atoms with Gasteiger partial charge in [-0.05, 0) is 29.7 Å². The van der Waals surface area contributed by atoms with Crippen LogP contribution >= 0.6 is 0 Å². The second kappa shape index (κ2) is 6.01. The summed E-state index contributed by atoms with van der Waals surface area (Å²) < 4.78 is 5.38. The lowest BCUT2D eigenvalue weighted by Gasteiger charge is -2.30. The van der Waals surface area contributed by atoms with Crippen LogP contribution < -0.4 is 4.90 Å². The number of hydrogen-bond acceptors (Lipinski definition) is 6. The standard InChI is InChI=1S/C18H16N4O3/c1-12-19-20-18(25-12)14-6-7-16(17(10-14)22(23)24)21-9-8-13-4-2-3-5-15(13)11-21/h2-7,10H,8-9,11H2,1H3. The van der Waals surface area contributed by atoms with Gasteiger partial charge in [0, 0.05) is 31.6 Å². The summed E-state index contributed by atoms with van der Waals surface area (Å²) in [4.78, 5) is 13.3. The van der Waals surface area contributed by atoms with Gasteiger partial charge in [-0.1, -0.05) is 24.3 Å². The topological polar surface area (TPSA) is 85.3 Å². The highest BCUT2D eigenvalue weighted by Crippen LogP contribution is 2.35. The van der Waals surface area contributed by atoms with Crippen molar-refractivity contribution in [3.63, 3.8) is 0 Å². The minimum Gasteiger partial charge on any atom is -0.421 e. The lowest BCUT2D eigenvalue weighted by molar-refractivity contribution is -0.384. The maximum atomic E-state index is 11.6. The molecule has 4 rings (SSSR count). The molecule has 0 saturated carbocycles. The molecular weight excluding hydrogens is 320 g/mol.